The number of amides is 1. The average Bonchev–Trinajstić information content (AvgIpc) is 2.65. The lowest BCUT2D eigenvalue weighted by Gasteiger charge is -2.31. The highest BCUT2D eigenvalue weighted by Crippen LogP contribution is 2.21. The predicted molar refractivity (Wildman–Crippen MR) is 121 cm³/mol. The minimum atomic E-state index is 0. The van der Waals surface area contributed by atoms with Gasteiger partial charge >= 0.3 is 0 Å². The van der Waals surface area contributed by atoms with Crippen molar-refractivity contribution >= 4 is 35.8 Å². The summed E-state index contributed by atoms with van der Waals surface area (Å²) in [5.41, 5.74) is 1.30. The van der Waals surface area contributed by atoms with E-state index in [2.05, 4.69) is 36.6 Å². The maximum atomic E-state index is 11.6. The number of hydrogen-bond acceptors (Lipinski definition) is 3. The number of methoxy groups -OCH3 is 1. The van der Waals surface area contributed by atoms with Crippen LogP contribution < -0.4 is 15.4 Å². The Morgan fingerprint density at radius 3 is 2.67 bits per heavy atom. The van der Waals surface area contributed by atoms with Gasteiger partial charge in [0, 0.05) is 39.1 Å². The number of carbonyl (C=O) groups excluding carboxylic acids is 1. The van der Waals surface area contributed by atoms with E-state index in [4.69, 9.17) is 9.73 Å². The van der Waals surface area contributed by atoms with Gasteiger partial charge in [-0.15, -0.1) is 24.0 Å². The van der Waals surface area contributed by atoms with Crippen molar-refractivity contribution in [1.82, 2.24) is 15.5 Å². The van der Waals surface area contributed by atoms with Gasteiger partial charge in [0.15, 0.2) is 5.96 Å². The molecule has 2 rings (SSSR count). The Hall–Kier alpha value is -1.51. The van der Waals surface area contributed by atoms with Gasteiger partial charge in [0.05, 0.1) is 7.11 Å². The molecule has 152 valence electrons. The summed E-state index contributed by atoms with van der Waals surface area (Å²) in [6.07, 6.45) is 2.43. The van der Waals surface area contributed by atoms with E-state index in [1.165, 1.54) is 5.56 Å². The van der Waals surface area contributed by atoms with E-state index in [-0.39, 0.29) is 35.9 Å². The number of likely N-dealkylation sites (N-methyl/N-ethyl adjacent to an activating group) is 1. The van der Waals surface area contributed by atoms with Crippen LogP contribution in [0.4, 0.5) is 0 Å². The van der Waals surface area contributed by atoms with Gasteiger partial charge in [-0.25, -0.2) is 0 Å². The van der Waals surface area contributed by atoms with Gasteiger partial charge in [-0.3, -0.25) is 9.79 Å². The van der Waals surface area contributed by atoms with Crippen LogP contribution in [-0.4, -0.2) is 56.6 Å². The number of aliphatic imine (C=N–C) groups is 1. The van der Waals surface area contributed by atoms with Crippen molar-refractivity contribution in [3.63, 3.8) is 0 Å². The molecule has 27 heavy (non-hydrogen) atoms. The molecular weight excluding hydrogens is 455 g/mol. The van der Waals surface area contributed by atoms with Crippen molar-refractivity contribution in [2.75, 3.05) is 33.8 Å². The molecule has 0 aliphatic carbocycles. The molecule has 1 fully saturated rings. The van der Waals surface area contributed by atoms with Gasteiger partial charge in [0.1, 0.15) is 5.75 Å². The van der Waals surface area contributed by atoms with Gasteiger partial charge in [0.2, 0.25) is 5.91 Å². The van der Waals surface area contributed by atoms with Gasteiger partial charge in [-0.1, -0.05) is 19.1 Å². The standard InChI is InChI=1S/C20H32N4O2.HI/c1-5-21-20(23-17-8-11-19(25)24(3)14-17)22-13-12-15(2)16-6-9-18(26-4)10-7-16;/h6-7,9-10,15,17H,5,8,11-14H2,1-4H3,(H2,21,22,23);1H. The van der Waals surface area contributed by atoms with Crippen LogP contribution in [0.15, 0.2) is 29.3 Å². The molecule has 6 nitrogen and oxygen atoms in total. The van der Waals surface area contributed by atoms with Gasteiger partial charge in [0.25, 0.3) is 0 Å². The molecule has 0 bridgehead atoms. The van der Waals surface area contributed by atoms with Crippen LogP contribution in [0.3, 0.4) is 0 Å². The van der Waals surface area contributed by atoms with Crippen molar-refractivity contribution in [2.45, 2.75) is 45.1 Å². The van der Waals surface area contributed by atoms with Crippen molar-refractivity contribution in [3.8, 4) is 5.75 Å². The zero-order chi connectivity index (χ0) is 18.9. The van der Waals surface area contributed by atoms with Crippen LogP contribution in [0, 0.1) is 0 Å². The summed E-state index contributed by atoms with van der Waals surface area (Å²) in [6.45, 7) is 6.59. The first-order valence-electron chi connectivity index (χ1n) is 9.46. The second kappa shape index (κ2) is 12.0. The predicted octanol–water partition coefficient (Wildman–Crippen LogP) is 2.98. The normalized spacial score (nSPS) is 18.5. The molecule has 0 radical (unpaired) electrons. The van der Waals surface area contributed by atoms with Gasteiger partial charge < -0.3 is 20.3 Å². The molecule has 1 aromatic carbocycles. The smallest absolute Gasteiger partial charge is 0.222 e. The molecular formula is C20H33IN4O2. The highest BCUT2D eigenvalue weighted by molar-refractivity contribution is 14.0. The van der Waals surface area contributed by atoms with E-state index >= 15 is 0 Å². The summed E-state index contributed by atoms with van der Waals surface area (Å²) in [6, 6.07) is 8.50. The monoisotopic (exact) mass is 488 g/mol. The number of guanidine groups is 1. The number of nitrogens with one attached hydrogen (secondary N) is 2. The van der Waals surface area contributed by atoms with Crippen LogP contribution >= 0.6 is 24.0 Å². The van der Waals surface area contributed by atoms with Crippen molar-refractivity contribution in [2.24, 2.45) is 4.99 Å². The second-order valence-corrected chi connectivity index (χ2v) is 6.88. The Balaban J connectivity index is 0.00000364. The molecule has 0 aromatic heterocycles. The Morgan fingerprint density at radius 2 is 2.07 bits per heavy atom. The fraction of sp³-hybridized carbons (Fsp3) is 0.600. The number of halogens is 1. The summed E-state index contributed by atoms with van der Waals surface area (Å²) in [7, 11) is 3.54. The van der Waals surface area contributed by atoms with Crippen molar-refractivity contribution in [3.05, 3.63) is 29.8 Å². The van der Waals surface area contributed by atoms with Crippen molar-refractivity contribution in [1.29, 1.82) is 0 Å². The minimum absolute atomic E-state index is 0. The van der Waals surface area contributed by atoms with Crippen LogP contribution in [-0.2, 0) is 4.79 Å². The fourth-order valence-electron chi connectivity index (χ4n) is 3.11. The fourth-order valence-corrected chi connectivity index (χ4v) is 3.11. The Labute approximate surface area is 180 Å². The molecule has 0 saturated carbocycles. The lowest BCUT2D eigenvalue weighted by molar-refractivity contribution is -0.132. The quantitative estimate of drug-likeness (QED) is 0.352. The topological polar surface area (TPSA) is 66.0 Å². The van der Waals surface area contributed by atoms with Crippen LogP contribution in [0.25, 0.3) is 0 Å². The van der Waals surface area contributed by atoms with Crippen LogP contribution in [0.5, 0.6) is 5.75 Å². The minimum Gasteiger partial charge on any atom is -0.497 e. The number of piperidine rings is 1. The number of benzene rings is 1. The largest absolute Gasteiger partial charge is 0.497 e. The van der Waals surface area contributed by atoms with E-state index in [0.29, 0.717) is 12.3 Å². The molecule has 2 atom stereocenters. The van der Waals surface area contributed by atoms with Gasteiger partial charge in [-0.2, -0.15) is 0 Å². The molecule has 1 aliphatic heterocycles. The van der Waals surface area contributed by atoms with E-state index in [1.54, 1.807) is 12.0 Å². The summed E-state index contributed by atoms with van der Waals surface area (Å²) in [5.74, 6) is 2.37. The lowest BCUT2D eigenvalue weighted by Crippen LogP contribution is -2.51. The van der Waals surface area contributed by atoms with Crippen LogP contribution in [0.1, 0.15) is 44.6 Å². The summed E-state index contributed by atoms with van der Waals surface area (Å²) in [4.78, 5) is 18.1. The maximum Gasteiger partial charge on any atom is 0.222 e. The first kappa shape index (κ1) is 23.5. The highest BCUT2D eigenvalue weighted by Gasteiger charge is 2.23. The SMILES string of the molecule is CCNC(=NCCC(C)c1ccc(OC)cc1)NC1CCC(=O)N(C)C1.I. The van der Waals surface area contributed by atoms with Crippen LogP contribution in [0.2, 0.25) is 0 Å². The Morgan fingerprint density at radius 1 is 1.37 bits per heavy atom. The molecule has 2 unspecified atom stereocenters. The first-order chi connectivity index (χ1) is 12.5. The number of carbonyl (C=O) groups is 1. The van der Waals surface area contributed by atoms with E-state index in [9.17, 15) is 4.79 Å². The second-order valence-electron chi connectivity index (χ2n) is 6.88. The highest BCUT2D eigenvalue weighted by atomic mass is 127. The zero-order valence-corrected chi connectivity index (χ0v) is 19.2. The Kier molecular flexibility index (Phi) is 10.5. The third kappa shape index (κ3) is 7.56. The number of nitrogens with zero attached hydrogens (tertiary/aromatic N) is 2. The number of ether oxygens (including phenoxy) is 1. The number of hydrogen-bond donors (Lipinski definition) is 2. The third-order valence-corrected chi connectivity index (χ3v) is 4.83. The van der Waals surface area contributed by atoms with E-state index < -0.39 is 0 Å². The molecule has 1 amide bonds. The molecule has 1 aliphatic rings. The number of rotatable bonds is 7. The van der Waals surface area contributed by atoms with E-state index in [0.717, 1.165) is 44.2 Å². The zero-order valence-electron chi connectivity index (χ0n) is 16.8. The third-order valence-electron chi connectivity index (χ3n) is 4.83. The average molecular weight is 488 g/mol. The van der Waals surface area contributed by atoms with E-state index in [1.807, 2.05) is 19.2 Å². The maximum absolute atomic E-state index is 11.6. The van der Waals surface area contributed by atoms with Crippen molar-refractivity contribution < 1.29 is 9.53 Å². The molecule has 2 N–H and O–H groups in total. The molecule has 1 aromatic rings. The molecule has 0 spiro atoms. The lowest BCUT2D eigenvalue weighted by atomic mass is 9.98. The molecule has 7 heteroatoms. The Bertz CT molecular complexity index is 607. The molecule has 1 saturated heterocycles. The summed E-state index contributed by atoms with van der Waals surface area (Å²) >= 11 is 0. The van der Waals surface area contributed by atoms with Gasteiger partial charge in [-0.05, 0) is 43.4 Å². The summed E-state index contributed by atoms with van der Waals surface area (Å²) < 4.78 is 5.21. The number of likely N-dealkylation sites (tertiary alicyclic amines) is 1. The molecule has 1 heterocycles. The first-order valence-corrected chi connectivity index (χ1v) is 9.46. The summed E-state index contributed by atoms with van der Waals surface area (Å²) in [5, 5.41) is 6.77.